The quantitative estimate of drug-likeness (QED) is 0.0427. The predicted molar refractivity (Wildman–Crippen MR) is 280 cm³/mol. The van der Waals surface area contributed by atoms with Crippen molar-refractivity contribution >= 4 is 63.8 Å². The van der Waals surface area contributed by atoms with Crippen molar-refractivity contribution < 1.29 is 57.4 Å². The first kappa shape index (κ1) is 55.9. The number of ether oxygens (including phenoxy) is 1. The van der Waals surface area contributed by atoms with Crippen molar-refractivity contribution in [1.82, 2.24) is 36.1 Å². The van der Waals surface area contributed by atoms with Crippen LogP contribution in [0, 0.1) is 24.6 Å². The Labute approximate surface area is 447 Å². The molecular weight excluding hydrogens is 1010 g/mol. The van der Waals surface area contributed by atoms with Crippen LogP contribution in [0.2, 0.25) is 0 Å². The number of amides is 5. The van der Waals surface area contributed by atoms with Crippen LogP contribution in [-0.2, 0) is 85.9 Å². The second kappa shape index (κ2) is 24.4. The number of pyridine rings is 2. The highest BCUT2D eigenvalue weighted by Gasteiger charge is 2.46. The molecule has 2 aromatic heterocycles. The summed E-state index contributed by atoms with van der Waals surface area (Å²) in [7, 11) is 0. The van der Waals surface area contributed by atoms with Crippen molar-refractivity contribution in [2.75, 3.05) is 32.7 Å². The van der Waals surface area contributed by atoms with E-state index in [0.29, 0.717) is 57.4 Å². The summed E-state index contributed by atoms with van der Waals surface area (Å²) in [6.45, 7) is 1.00. The van der Waals surface area contributed by atoms with Gasteiger partial charge in [-0.05, 0) is 72.9 Å². The second-order valence-electron chi connectivity index (χ2n) is 20.0. The largest absolute Gasteiger partial charge is 0.458 e. The summed E-state index contributed by atoms with van der Waals surface area (Å²) in [6.07, 6.45) is -0.127. The molecule has 5 aromatic rings. The smallest absolute Gasteiger partial charge is 0.343 e. The van der Waals surface area contributed by atoms with Gasteiger partial charge in [-0.15, -0.1) is 0 Å². The summed E-state index contributed by atoms with van der Waals surface area (Å²) in [5, 5.41) is 25.2. The van der Waals surface area contributed by atoms with E-state index in [2.05, 4.69) is 26.6 Å². The van der Waals surface area contributed by atoms with Crippen molar-refractivity contribution in [2.24, 2.45) is 17.6 Å². The molecule has 0 bridgehead atoms. The molecule has 8 N–H and O–H groups in total. The zero-order chi connectivity index (χ0) is 55.8. The average molecular weight is 1070 g/mol. The number of carbonyl (C=O) groups excluding carboxylic acids is 9. The van der Waals surface area contributed by atoms with Gasteiger partial charge >= 0.3 is 5.97 Å². The van der Waals surface area contributed by atoms with E-state index in [0.717, 1.165) is 11.1 Å². The van der Waals surface area contributed by atoms with Gasteiger partial charge < -0.3 is 46.7 Å². The lowest BCUT2D eigenvalue weighted by Gasteiger charge is -2.31. The van der Waals surface area contributed by atoms with E-state index >= 15 is 4.39 Å². The highest BCUT2D eigenvalue weighted by molar-refractivity contribution is 5.96. The molecule has 0 spiro atoms. The molecule has 4 heterocycles. The Bertz CT molecular complexity index is 3290. The number of aryl methyl sites for hydroxylation is 1. The first-order chi connectivity index (χ1) is 37.4. The number of nitrogens with two attached hydrogens (primary N) is 1. The van der Waals surface area contributed by atoms with Gasteiger partial charge in [0.1, 0.15) is 12.4 Å². The molecule has 0 fully saturated rings. The molecule has 408 valence electrons. The van der Waals surface area contributed by atoms with E-state index in [4.69, 9.17) is 15.5 Å². The number of carbonyl (C=O) groups is 9. The molecule has 0 unspecified atom stereocenters. The number of hydrogen-bond acceptors (Lipinski definition) is 14. The fourth-order valence-corrected chi connectivity index (χ4v) is 10.5. The molecule has 3 aromatic carbocycles. The Kier molecular flexibility index (Phi) is 17.5. The van der Waals surface area contributed by atoms with Crippen molar-refractivity contribution in [3.05, 3.63) is 133 Å². The number of Topliss-reactive ketones (excluding diaryl/α,β-unsaturated/α-hetero) is 3. The predicted octanol–water partition coefficient (Wildman–Crippen LogP) is 2.04. The van der Waals surface area contributed by atoms with Gasteiger partial charge in [-0.1, -0.05) is 67.6 Å². The van der Waals surface area contributed by atoms with Gasteiger partial charge in [-0.25, -0.2) is 14.2 Å². The lowest BCUT2D eigenvalue weighted by atomic mass is 9.81. The molecule has 8 rings (SSSR count). The third-order valence-electron chi connectivity index (χ3n) is 14.7. The molecule has 21 heteroatoms. The topological polar surface area (TPSA) is 304 Å². The lowest BCUT2D eigenvalue weighted by Crippen LogP contribution is -2.44. The van der Waals surface area contributed by atoms with Crippen LogP contribution in [0.5, 0.6) is 0 Å². The normalized spacial score (nSPS) is 16.6. The number of aliphatic hydroxyl groups is 1. The van der Waals surface area contributed by atoms with Gasteiger partial charge in [-0.3, -0.25) is 43.2 Å². The van der Waals surface area contributed by atoms with Crippen molar-refractivity contribution in [1.29, 1.82) is 0 Å². The zero-order valence-electron chi connectivity index (χ0n) is 43.3. The molecule has 5 amide bonds. The van der Waals surface area contributed by atoms with Crippen LogP contribution < -0.4 is 37.9 Å². The summed E-state index contributed by atoms with van der Waals surface area (Å²) >= 11 is 0. The van der Waals surface area contributed by atoms with Crippen LogP contribution in [0.4, 0.5) is 4.39 Å². The first-order valence-electron chi connectivity index (χ1n) is 25.9. The number of aromatic nitrogens is 2. The fourth-order valence-electron chi connectivity index (χ4n) is 10.5. The van der Waals surface area contributed by atoms with Crippen LogP contribution in [0.25, 0.3) is 22.3 Å². The number of halogens is 1. The molecule has 4 atom stereocenters. The minimum absolute atomic E-state index is 0.0310. The van der Waals surface area contributed by atoms with Crippen molar-refractivity contribution in [3.63, 3.8) is 0 Å². The Hall–Kier alpha value is -8.30. The maximum absolute atomic E-state index is 15.5. The summed E-state index contributed by atoms with van der Waals surface area (Å²) in [5.74, 6) is -7.42. The summed E-state index contributed by atoms with van der Waals surface area (Å²) < 4.78 is 22.2. The van der Waals surface area contributed by atoms with E-state index in [1.165, 1.54) is 10.6 Å². The van der Waals surface area contributed by atoms with E-state index in [-0.39, 0.29) is 82.3 Å². The van der Waals surface area contributed by atoms with Gasteiger partial charge in [0.25, 0.3) is 5.56 Å². The van der Waals surface area contributed by atoms with E-state index in [9.17, 15) is 53.1 Å². The zero-order valence-corrected chi connectivity index (χ0v) is 43.3. The van der Waals surface area contributed by atoms with E-state index in [1.54, 1.807) is 80.6 Å². The van der Waals surface area contributed by atoms with Crippen molar-refractivity contribution in [3.8, 4) is 11.4 Å². The molecule has 20 nitrogen and oxygen atoms in total. The molecular formula is C57H61FN8O12. The third kappa shape index (κ3) is 12.4. The summed E-state index contributed by atoms with van der Waals surface area (Å²) in [5.41, 5.74) is 7.81. The minimum Gasteiger partial charge on any atom is -0.458 e. The number of fused-ring (bicyclic) bond motifs is 5. The number of hydrogen-bond donors (Lipinski definition) is 7. The maximum Gasteiger partial charge on any atom is 0.343 e. The second-order valence-corrected chi connectivity index (χ2v) is 20.0. The van der Waals surface area contributed by atoms with Gasteiger partial charge in [0.05, 0.1) is 67.8 Å². The van der Waals surface area contributed by atoms with Gasteiger partial charge in [0, 0.05) is 60.1 Å². The number of cyclic esters (lactones) is 1. The fraction of sp³-hybridized carbons (Fsp3) is 0.386. The Balaban J connectivity index is 0.876. The highest BCUT2D eigenvalue weighted by Crippen LogP contribution is 2.46. The molecule has 0 saturated heterocycles. The Morgan fingerprint density at radius 3 is 1.96 bits per heavy atom. The summed E-state index contributed by atoms with van der Waals surface area (Å²) in [4.78, 5) is 136. The minimum atomic E-state index is -2.07. The van der Waals surface area contributed by atoms with Crippen LogP contribution >= 0.6 is 0 Å². The maximum atomic E-state index is 15.5. The molecule has 0 saturated carbocycles. The number of nitrogens with one attached hydrogen (secondary N) is 5. The lowest BCUT2D eigenvalue weighted by molar-refractivity contribution is -0.172. The Morgan fingerprint density at radius 1 is 0.769 bits per heavy atom. The van der Waals surface area contributed by atoms with Gasteiger partial charge in [0.2, 0.25) is 29.5 Å². The van der Waals surface area contributed by atoms with E-state index in [1.807, 2.05) is 0 Å². The number of ketones is 3. The van der Waals surface area contributed by atoms with Gasteiger partial charge in [0.15, 0.2) is 23.0 Å². The van der Waals surface area contributed by atoms with Crippen LogP contribution in [0.15, 0.2) is 77.6 Å². The Morgan fingerprint density at radius 2 is 1.36 bits per heavy atom. The average Bonchev–Trinajstić information content (AvgIpc) is 3.89. The van der Waals surface area contributed by atoms with Crippen molar-refractivity contribution in [2.45, 2.75) is 96.4 Å². The number of nitrogens with zero attached hydrogens (tertiary/aromatic N) is 2. The van der Waals surface area contributed by atoms with Gasteiger partial charge in [-0.2, -0.15) is 0 Å². The number of esters is 1. The van der Waals surface area contributed by atoms with E-state index < -0.39 is 107 Å². The molecule has 3 aliphatic rings. The highest BCUT2D eigenvalue weighted by atomic mass is 19.1. The van der Waals surface area contributed by atoms with Crippen LogP contribution in [0.1, 0.15) is 96.0 Å². The molecule has 1 aliphatic carbocycles. The standard InChI is InChI=1S/C57H61FN8O12/c1-3-57(77)42-22-46-52-40(29-66(46)55(75)41(42)30-78-56(57)76)51-44(16-15-39-31(2)43(58)23-45(65-52)50(39)51)64-49(72)28-63-54(74)35(19-33-12-8-5-9-13-33)21-37(68)26-60-47(70)17-14-36(67)25-62-53(73)34(18-32-10-6-4-7-11-32)20-38(69)27-61-48(71)24-59/h4-13,22-23,34-35,44,77H,3,14-21,24-30,59H2,1-2H3,(H,60,70)(H,61,71)(H,62,73)(H,63,74)(H,64,72)/t34-,35-,44+,57+/m1/s1. The molecule has 2 aliphatic heterocycles. The number of benzene rings is 3. The third-order valence-corrected chi connectivity index (χ3v) is 14.7. The summed E-state index contributed by atoms with van der Waals surface area (Å²) in [6, 6.07) is 20.1. The number of rotatable bonds is 24. The first-order valence-corrected chi connectivity index (χ1v) is 25.9. The SMILES string of the molecule is CC[C@@]1(O)C(=O)OCc2c1cc1n(c2=O)Cc2c-1nc1cc(F)c(C)c3c1c2[C@@H](NC(=O)CNC(=O)[C@@H](CC(=O)CNC(=O)CCC(=O)CNC(=O)[C@@H](CC(=O)CNC(=O)CN)Cc1ccccc1)Cc1ccccc1)CC3. The van der Waals surface area contributed by atoms with Crippen LogP contribution in [0.3, 0.4) is 0 Å². The van der Waals surface area contributed by atoms with Crippen LogP contribution in [-0.4, -0.2) is 100 Å². The molecule has 78 heavy (non-hydrogen) atoms. The molecule has 0 radical (unpaired) electrons. The monoisotopic (exact) mass is 1070 g/mol.